The standard InChI is InChI=1S/C22H37N3O5/c1-3-4-5-6-7-8-9-10-11-12-19-25(28)17-13-20(30-18(17)15-29-19)24-14-16(2)21(26)23-22(24)27/h14,17-20,28H,3-13,15H2,1-2H3,(H,23,26,27). The number of unbranched alkanes of at least 4 members (excludes halogenated alkanes) is 8. The topological polar surface area (TPSA) is 96.8 Å². The monoisotopic (exact) mass is 423 g/mol. The second kappa shape index (κ2) is 11.2. The zero-order valence-electron chi connectivity index (χ0n) is 18.3. The normalized spacial score (nSPS) is 26.8. The van der Waals surface area contributed by atoms with Gasteiger partial charge in [-0.2, -0.15) is 5.06 Å². The lowest BCUT2D eigenvalue weighted by molar-refractivity contribution is -0.286. The van der Waals surface area contributed by atoms with E-state index in [4.69, 9.17) is 9.47 Å². The highest BCUT2D eigenvalue weighted by Gasteiger charge is 2.45. The van der Waals surface area contributed by atoms with Gasteiger partial charge in [0.2, 0.25) is 0 Å². The molecule has 3 rings (SSSR count). The van der Waals surface area contributed by atoms with Crippen LogP contribution in [-0.4, -0.2) is 44.8 Å². The number of aryl methyl sites for hydroxylation is 1. The first-order valence-corrected chi connectivity index (χ1v) is 11.6. The molecule has 8 nitrogen and oxygen atoms in total. The average Bonchev–Trinajstić information content (AvgIpc) is 3.16. The molecule has 4 unspecified atom stereocenters. The molecule has 2 aliphatic heterocycles. The lowest BCUT2D eigenvalue weighted by Gasteiger charge is -2.38. The Balaban J connectivity index is 1.43. The van der Waals surface area contributed by atoms with Gasteiger partial charge in [-0.1, -0.05) is 58.3 Å². The number of aromatic nitrogens is 2. The summed E-state index contributed by atoms with van der Waals surface area (Å²) in [7, 11) is 0. The molecule has 0 radical (unpaired) electrons. The minimum Gasteiger partial charge on any atom is -0.358 e. The van der Waals surface area contributed by atoms with E-state index < -0.39 is 11.9 Å². The van der Waals surface area contributed by atoms with Crippen molar-refractivity contribution in [2.24, 2.45) is 0 Å². The van der Waals surface area contributed by atoms with Crippen LogP contribution < -0.4 is 11.2 Å². The summed E-state index contributed by atoms with van der Waals surface area (Å²) in [6.45, 7) is 4.29. The summed E-state index contributed by atoms with van der Waals surface area (Å²) in [6.07, 6.45) is 13.0. The third kappa shape index (κ3) is 5.81. The highest BCUT2D eigenvalue weighted by Crippen LogP contribution is 2.35. The van der Waals surface area contributed by atoms with Crippen LogP contribution in [-0.2, 0) is 9.47 Å². The van der Waals surface area contributed by atoms with Gasteiger partial charge < -0.3 is 14.7 Å². The van der Waals surface area contributed by atoms with Crippen molar-refractivity contribution in [2.75, 3.05) is 6.61 Å². The van der Waals surface area contributed by atoms with Crippen LogP contribution >= 0.6 is 0 Å². The van der Waals surface area contributed by atoms with E-state index in [1.165, 1.54) is 60.8 Å². The molecule has 0 spiro atoms. The first-order chi connectivity index (χ1) is 14.5. The lowest BCUT2D eigenvalue weighted by atomic mass is 10.0. The number of hydroxylamine groups is 2. The molecule has 3 heterocycles. The molecule has 2 aliphatic rings. The Morgan fingerprint density at radius 2 is 1.77 bits per heavy atom. The molecule has 0 aliphatic carbocycles. The van der Waals surface area contributed by atoms with Crippen LogP contribution in [0.2, 0.25) is 0 Å². The van der Waals surface area contributed by atoms with Gasteiger partial charge in [0.1, 0.15) is 18.6 Å². The molecule has 0 saturated carbocycles. The van der Waals surface area contributed by atoms with Crippen molar-refractivity contribution in [1.82, 2.24) is 14.6 Å². The molecule has 0 amide bonds. The zero-order chi connectivity index (χ0) is 21.5. The average molecular weight is 424 g/mol. The van der Waals surface area contributed by atoms with Crippen molar-refractivity contribution >= 4 is 0 Å². The number of H-pyrrole nitrogens is 1. The van der Waals surface area contributed by atoms with Crippen molar-refractivity contribution in [3.05, 3.63) is 32.6 Å². The Morgan fingerprint density at radius 3 is 2.47 bits per heavy atom. The van der Waals surface area contributed by atoms with Crippen LogP contribution in [0.3, 0.4) is 0 Å². The van der Waals surface area contributed by atoms with Gasteiger partial charge in [-0.05, 0) is 19.8 Å². The minimum absolute atomic E-state index is 0.216. The third-order valence-corrected chi connectivity index (χ3v) is 6.30. The highest BCUT2D eigenvalue weighted by molar-refractivity contribution is 5.02. The van der Waals surface area contributed by atoms with E-state index in [0.717, 1.165) is 19.3 Å². The fourth-order valence-corrected chi connectivity index (χ4v) is 4.46. The van der Waals surface area contributed by atoms with Crippen LogP contribution in [0.5, 0.6) is 0 Å². The van der Waals surface area contributed by atoms with Crippen LogP contribution in [0.1, 0.15) is 89.3 Å². The summed E-state index contributed by atoms with van der Waals surface area (Å²) in [4.78, 5) is 26.1. The van der Waals surface area contributed by atoms with E-state index in [1.807, 2.05) is 0 Å². The van der Waals surface area contributed by atoms with E-state index in [-0.39, 0.29) is 23.9 Å². The van der Waals surface area contributed by atoms with Gasteiger partial charge in [-0.15, -0.1) is 0 Å². The summed E-state index contributed by atoms with van der Waals surface area (Å²) in [5.74, 6) is 0. The molecule has 0 aromatic carbocycles. The van der Waals surface area contributed by atoms with Gasteiger partial charge in [0, 0.05) is 18.2 Å². The SMILES string of the molecule is CCCCCCCCCCCC1OCC2OC(n3cc(C)c(=O)[nH]c3=O)CC2N1O. The maximum atomic E-state index is 12.2. The zero-order valence-corrected chi connectivity index (χ0v) is 18.3. The summed E-state index contributed by atoms with van der Waals surface area (Å²) in [6, 6.07) is -0.216. The Kier molecular flexibility index (Phi) is 8.68. The Labute approximate surface area is 178 Å². The molecular weight excluding hydrogens is 386 g/mol. The van der Waals surface area contributed by atoms with Gasteiger partial charge >= 0.3 is 5.69 Å². The van der Waals surface area contributed by atoms with E-state index >= 15 is 0 Å². The largest absolute Gasteiger partial charge is 0.358 e. The lowest BCUT2D eigenvalue weighted by Crippen LogP contribution is -2.53. The maximum absolute atomic E-state index is 12.2. The molecule has 170 valence electrons. The first kappa shape index (κ1) is 23.2. The molecule has 2 N–H and O–H groups in total. The van der Waals surface area contributed by atoms with E-state index in [1.54, 1.807) is 6.92 Å². The number of rotatable bonds is 11. The van der Waals surface area contributed by atoms with Crippen molar-refractivity contribution < 1.29 is 14.7 Å². The molecule has 4 atom stereocenters. The molecular formula is C22H37N3O5. The van der Waals surface area contributed by atoms with Crippen molar-refractivity contribution in [2.45, 2.75) is 109 Å². The summed E-state index contributed by atoms with van der Waals surface area (Å²) >= 11 is 0. The smallest absolute Gasteiger partial charge is 0.330 e. The summed E-state index contributed by atoms with van der Waals surface area (Å²) < 4.78 is 13.2. The number of hydrogen-bond donors (Lipinski definition) is 2. The van der Waals surface area contributed by atoms with Gasteiger partial charge in [0.15, 0.2) is 0 Å². The highest BCUT2D eigenvalue weighted by atomic mass is 16.6. The van der Waals surface area contributed by atoms with Gasteiger partial charge in [0.05, 0.1) is 12.6 Å². The predicted octanol–water partition coefficient (Wildman–Crippen LogP) is 3.47. The molecule has 0 bridgehead atoms. The van der Waals surface area contributed by atoms with E-state index in [9.17, 15) is 14.8 Å². The number of fused-ring (bicyclic) bond motifs is 1. The van der Waals surface area contributed by atoms with Crippen LogP contribution in [0.4, 0.5) is 0 Å². The fourth-order valence-electron chi connectivity index (χ4n) is 4.46. The van der Waals surface area contributed by atoms with E-state index in [2.05, 4.69) is 11.9 Å². The van der Waals surface area contributed by atoms with Crippen LogP contribution in [0, 0.1) is 6.92 Å². The fraction of sp³-hybridized carbons (Fsp3) is 0.818. The van der Waals surface area contributed by atoms with Crippen molar-refractivity contribution in [3.63, 3.8) is 0 Å². The summed E-state index contributed by atoms with van der Waals surface area (Å²) in [5.41, 5.74) is -0.431. The predicted molar refractivity (Wildman–Crippen MR) is 114 cm³/mol. The second-order valence-electron chi connectivity index (χ2n) is 8.70. The molecule has 2 saturated heterocycles. The molecule has 30 heavy (non-hydrogen) atoms. The number of hydrogen-bond acceptors (Lipinski definition) is 6. The Morgan fingerprint density at radius 1 is 1.10 bits per heavy atom. The van der Waals surface area contributed by atoms with Crippen molar-refractivity contribution in [1.29, 1.82) is 0 Å². The third-order valence-electron chi connectivity index (χ3n) is 6.30. The minimum atomic E-state index is -0.521. The summed E-state index contributed by atoms with van der Waals surface area (Å²) in [5, 5.41) is 12.0. The molecule has 1 aromatic heterocycles. The quantitative estimate of drug-likeness (QED) is 0.529. The molecule has 2 fully saturated rings. The van der Waals surface area contributed by atoms with Crippen molar-refractivity contribution in [3.8, 4) is 0 Å². The van der Waals surface area contributed by atoms with E-state index in [0.29, 0.717) is 18.6 Å². The number of nitrogens with zero attached hydrogens (tertiary/aromatic N) is 2. The number of ether oxygens (including phenoxy) is 2. The van der Waals surface area contributed by atoms with Gasteiger partial charge in [-0.3, -0.25) is 14.3 Å². The number of aromatic amines is 1. The Hall–Kier alpha value is -1.48. The molecule has 1 aromatic rings. The maximum Gasteiger partial charge on any atom is 0.330 e. The first-order valence-electron chi connectivity index (χ1n) is 11.6. The van der Waals surface area contributed by atoms with Gasteiger partial charge in [-0.25, -0.2) is 4.79 Å². The van der Waals surface area contributed by atoms with Crippen LogP contribution in [0.25, 0.3) is 0 Å². The molecule has 8 heteroatoms. The Bertz CT molecular complexity index is 777. The number of nitrogens with one attached hydrogen (secondary N) is 1. The van der Waals surface area contributed by atoms with Crippen LogP contribution in [0.15, 0.2) is 15.8 Å². The van der Waals surface area contributed by atoms with Gasteiger partial charge in [0.25, 0.3) is 5.56 Å². The second-order valence-corrected chi connectivity index (χ2v) is 8.70.